The summed E-state index contributed by atoms with van der Waals surface area (Å²) >= 11 is 5.89. The molecule has 0 bridgehead atoms. The maximum atomic E-state index is 10.3. The molecule has 0 saturated heterocycles. The van der Waals surface area contributed by atoms with Crippen LogP contribution in [0, 0.1) is 5.41 Å². The van der Waals surface area contributed by atoms with Crippen molar-refractivity contribution in [3.63, 3.8) is 0 Å². The number of hydrogen-bond donors (Lipinski definition) is 2. The molecule has 0 aliphatic carbocycles. The molecule has 0 aromatic heterocycles. The monoisotopic (exact) mass is 314 g/mol. The molecule has 0 fully saturated rings. The van der Waals surface area contributed by atoms with Crippen molar-refractivity contribution in [2.24, 2.45) is 0 Å². The minimum atomic E-state index is 0.176. The first-order valence-corrected chi connectivity index (χ1v) is 7.16. The van der Waals surface area contributed by atoms with Crippen LogP contribution in [-0.4, -0.2) is 24.6 Å². The molecule has 1 aliphatic rings. The Balaban J connectivity index is 1.94. The van der Waals surface area contributed by atoms with Gasteiger partial charge < -0.3 is 14.7 Å². The van der Waals surface area contributed by atoms with Crippen LogP contribution in [0.3, 0.4) is 0 Å². The fourth-order valence-electron chi connectivity index (χ4n) is 2.50. The van der Waals surface area contributed by atoms with E-state index >= 15 is 0 Å². The van der Waals surface area contributed by atoms with Crippen molar-refractivity contribution in [1.82, 2.24) is 0 Å². The van der Waals surface area contributed by atoms with Crippen LogP contribution in [0.15, 0.2) is 54.3 Å². The van der Waals surface area contributed by atoms with E-state index in [4.69, 9.17) is 21.7 Å². The van der Waals surface area contributed by atoms with Crippen LogP contribution in [0.5, 0.6) is 5.75 Å². The average molecular weight is 315 g/mol. The Morgan fingerprint density at radius 2 is 1.91 bits per heavy atom. The Hall–Kier alpha value is -2.46. The second-order valence-electron chi connectivity index (χ2n) is 4.96. The summed E-state index contributed by atoms with van der Waals surface area (Å²) in [6, 6.07) is 14.5. The van der Waals surface area contributed by atoms with Crippen LogP contribution in [0.2, 0.25) is 5.02 Å². The number of aliphatic hydroxyl groups excluding tert-OH is 1. The van der Waals surface area contributed by atoms with Crippen LogP contribution in [0.25, 0.3) is 5.57 Å². The smallest absolute Gasteiger partial charge is 0.137 e. The van der Waals surface area contributed by atoms with Crippen LogP contribution in [-0.2, 0) is 0 Å². The summed E-state index contributed by atoms with van der Waals surface area (Å²) in [7, 11) is 1.60. The van der Waals surface area contributed by atoms with Gasteiger partial charge in [-0.2, -0.15) is 0 Å². The third kappa shape index (κ3) is 2.53. The normalized spacial score (nSPS) is 14.6. The number of nitrogens with one attached hydrogen (secondary N) is 1. The van der Waals surface area contributed by atoms with Crippen molar-refractivity contribution < 1.29 is 9.84 Å². The first kappa shape index (κ1) is 14.5. The fourth-order valence-corrected chi connectivity index (χ4v) is 2.62. The van der Waals surface area contributed by atoms with Crippen molar-refractivity contribution in [3.05, 3.63) is 64.9 Å². The highest BCUT2D eigenvalue weighted by Gasteiger charge is 2.29. The standard InChI is InChI=1S/C17H15ClN2O2/c1-22-14-4-2-3-13(9-14)20-10-15(21)16(17(20)19)11-5-7-12(18)8-6-11/h2-9,19,21H,10H2,1H3. The van der Waals surface area contributed by atoms with Gasteiger partial charge in [0.15, 0.2) is 0 Å². The summed E-state index contributed by atoms with van der Waals surface area (Å²) in [4.78, 5) is 1.74. The van der Waals surface area contributed by atoms with Gasteiger partial charge in [-0.05, 0) is 29.8 Å². The van der Waals surface area contributed by atoms with Gasteiger partial charge in [0.2, 0.25) is 0 Å². The molecule has 0 unspecified atom stereocenters. The van der Waals surface area contributed by atoms with E-state index in [-0.39, 0.29) is 18.1 Å². The maximum absolute atomic E-state index is 10.3. The lowest BCUT2D eigenvalue weighted by Crippen LogP contribution is -2.25. The largest absolute Gasteiger partial charge is 0.510 e. The van der Waals surface area contributed by atoms with Crippen LogP contribution in [0.4, 0.5) is 5.69 Å². The lowest BCUT2D eigenvalue weighted by molar-refractivity contribution is 0.410. The highest BCUT2D eigenvalue weighted by Crippen LogP contribution is 2.32. The van der Waals surface area contributed by atoms with Crippen LogP contribution >= 0.6 is 11.6 Å². The molecule has 0 amide bonds. The molecule has 0 atom stereocenters. The lowest BCUT2D eigenvalue weighted by Gasteiger charge is -2.19. The molecule has 4 nitrogen and oxygen atoms in total. The molecule has 0 spiro atoms. The number of amidine groups is 1. The Kier molecular flexibility index (Phi) is 3.77. The van der Waals surface area contributed by atoms with Crippen molar-refractivity contribution in [1.29, 1.82) is 5.41 Å². The predicted octanol–water partition coefficient (Wildman–Crippen LogP) is 4.12. The second kappa shape index (κ2) is 5.73. The first-order chi connectivity index (χ1) is 10.6. The Labute approximate surface area is 133 Å². The summed E-state index contributed by atoms with van der Waals surface area (Å²) < 4.78 is 5.21. The van der Waals surface area contributed by atoms with Gasteiger partial charge in [-0.3, -0.25) is 5.41 Å². The molecular weight excluding hydrogens is 300 g/mol. The minimum absolute atomic E-state index is 0.176. The Morgan fingerprint density at radius 3 is 2.59 bits per heavy atom. The second-order valence-corrected chi connectivity index (χ2v) is 5.40. The van der Waals surface area contributed by atoms with Crippen molar-refractivity contribution in [2.45, 2.75) is 0 Å². The SMILES string of the molecule is COc1cccc(N2CC(O)=C(c3ccc(Cl)cc3)C2=N)c1. The van der Waals surface area contributed by atoms with E-state index in [1.807, 2.05) is 24.3 Å². The number of methoxy groups -OCH3 is 1. The van der Waals surface area contributed by atoms with Gasteiger partial charge in [-0.15, -0.1) is 0 Å². The van der Waals surface area contributed by atoms with E-state index in [1.54, 1.807) is 36.3 Å². The van der Waals surface area contributed by atoms with E-state index in [0.717, 1.165) is 11.3 Å². The van der Waals surface area contributed by atoms with Gasteiger partial charge >= 0.3 is 0 Å². The van der Waals surface area contributed by atoms with Crippen molar-refractivity contribution in [3.8, 4) is 5.75 Å². The molecule has 2 N–H and O–H groups in total. The summed E-state index contributed by atoms with van der Waals surface area (Å²) in [5.41, 5.74) is 2.11. The van der Waals surface area contributed by atoms with Crippen molar-refractivity contribution in [2.75, 3.05) is 18.6 Å². The number of anilines is 1. The molecule has 0 radical (unpaired) electrons. The van der Waals surface area contributed by atoms with E-state index in [2.05, 4.69) is 0 Å². The molecule has 112 valence electrons. The number of halogens is 1. The molecule has 1 aliphatic heterocycles. The van der Waals surface area contributed by atoms with E-state index in [1.165, 1.54) is 0 Å². The molecular formula is C17H15ClN2O2. The predicted molar refractivity (Wildman–Crippen MR) is 89.1 cm³/mol. The molecule has 22 heavy (non-hydrogen) atoms. The number of hydrogen-bond acceptors (Lipinski definition) is 3. The average Bonchev–Trinajstić information content (AvgIpc) is 2.83. The Morgan fingerprint density at radius 1 is 1.18 bits per heavy atom. The highest BCUT2D eigenvalue weighted by molar-refractivity contribution is 6.32. The Bertz CT molecular complexity index is 754. The lowest BCUT2D eigenvalue weighted by atomic mass is 10.1. The third-order valence-electron chi connectivity index (χ3n) is 3.60. The van der Waals surface area contributed by atoms with Crippen LogP contribution in [0.1, 0.15) is 5.56 Å². The molecule has 3 rings (SSSR count). The number of benzene rings is 2. The molecule has 5 heteroatoms. The summed E-state index contributed by atoms with van der Waals surface area (Å²) in [6.07, 6.45) is 0. The summed E-state index contributed by atoms with van der Waals surface area (Å²) in [5.74, 6) is 1.15. The van der Waals surface area contributed by atoms with Gasteiger partial charge in [0.05, 0.1) is 19.2 Å². The van der Waals surface area contributed by atoms with Crippen LogP contribution < -0.4 is 9.64 Å². The topological polar surface area (TPSA) is 56.6 Å². The minimum Gasteiger partial charge on any atom is -0.510 e. The van der Waals surface area contributed by atoms with Gasteiger partial charge in [0.25, 0.3) is 0 Å². The zero-order chi connectivity index (χ0) is 15.7. The van der Waals surface area contributed by atoms with Gasteiger partial charge in [-0.25, -0.2) is 0 Å². The number of aliphatic hydroxyl groups is 1. The maximum Gasteiger partial charge on any atom is 0.137 e. The summed E-state index contributed by atoms with van der Waals surface area (Å²) in [6.45, 7) is 0.268. The number of rotatable bonds is 3. The highest BCUT2D eigenvalue weighted by atomic mass is 35.5. The zero-order valence-corrected chi connectivity index (χ0v) is 12.8. The van der Waals surface area contributed by atoms with Gasteiger partial charge in [-0.1, -0.05) is 29.8 Å². The molecule has 2 aromatic rings. The van der Waals surface area contributed by atoms with Gasteiger partial charge in [0.1, 0.15) is 17.3 Å². The number of ether oxygens (including phenoxy) is 1. The zero-order valence-electron chi connectivity index (χ0n) is 12.0. The third-order valence-corrected chi connectivity index (χ3v) is 3.85. The molecule has 1 heterocycles. The molecule has 0 saturated carbocycles. The summed E-state index contributed by atoms with van der Waals surface area (Å²) in [5, 5.41) is 19.3. The molecule has 2 aromatic carbocycles. The fraction of sp³-hybridized carbons (Fsp3) is 0.118. The van der Waals surface area contributed by atoms with E-state index in [0.29, 0.717) is 16.3 Å². The van der Waals surface area contributed by atoms with E-state index in [9.17, 15) is 5.11 Å². The quantitative estimate of drug-likeness (QED) is 0.896. The first-order valence-electron chi connectivity index (χ1n) is 6.78. The van der Waals surface area contributed by atoms with Crippen molar-refractivity contribution >= 4 is 28.7 Å². The number of nitrogens with zero attached hydrogens (tertiary/aromatic N) is 1. The van der Waals surface area contributed by atoms with E-state index < -0.39 is 0 Å². The van der Waals surface area contributed by atoms with Gasteiger partial charge in [0, 0.05) is 16.8 Å².